The van der Waals surface area contributed by atoms with Crippen molar-refractivity contribution < 1.29 is 13.2 Å². The lowest BCUT2D eigenvalue weighted by Crippen LogP contribution is -2.32. The summed E-state index contributed by atoms with van der Waals surface area (Å²) >= 11 is 0. The number of carbonyl (C=O) groups excluding carboxylic acids is 1. The summed E-state index contributed by atoms with van der Waals surface area (Å²) in [5, 5.41) is 13.9. The topological polar surface area (TPSA) is 110 Å². The number of rotatable bonds is 6. The van der Waals surface area contributed by atoms with Gasteiger partial charge in [0.15, 0.2) is 0 Å². The molecule has 2 aromatic carbocycles. The average Bonchev–Trinajstić information content (AvgIpc) is 3.17. The fourth-order valence-corrected chi connectivity index (χ4v) is 5.58. The van der Waals surface area contributed by atoms with Crippen LogP contribution in [0.15, 0.2) is 53.7 Å². The number of nitrogens with one attached hydrogen (secondary N) is 1. The van der Waals surface area contributed by atoms with Crippen LogP contribution in [0.2, 0.25) is 0 Å². The molecule has 1 fully saturated rings. The van der Waals surface area contributed by atoms with Crippen molar-refractivity contribution in [1.29, 1.82) is 0 Å². The van der Waals surface area contributed by atoms with Crippen molar-refractivity contribution in [2.24, 2.45) is 0 Å². The summed E-state index contributed by atoms with van der Waals surface area (Å²) in [6.07, 6.45) is 5.52. The van der Waals surface area contributed by atoms with E-state index in [0.29, 0.717) is 24.3 Å². The molecule has 0 atom stereocenters. The predicted octanol–water partition coefficient (Wildman–Crippen LogP) is 2.72. The fraction of sp³-hybridized carbons (Fsp3) is 0.364. The zero-order valence-corrected chi connectivity index (χ0v) is 18.8. The van der Waals surface area contributed by atoms with Gasteiger partial charge in [-0.2, -0.15) is 4.31 Å². The van der Waals surface area contributed by atoms with E-state index in [2.05, 4.69) is 20.8 Å². The summed E-state index contributed by atoms with van der Waals surface area (Å²) in [7, 11) is -3.60. The molecule has 0 spiro atoms. The second-order valence-corrected chi connectivity index (χ2v) is 9.85. The van der Waals surface area contributed by atoms with Gasteiger partial charge in [-0.05, 0) is 65.6 Å². The number of benzene rings is 2. The van der Waals surface area contributed by atoms with E-state index >= 15 is 0 Å². The first-order valence-corrected chi connectivity index (χ1v) is 12.1. The molecule has 0 aliphatic carbocycles. The number of tetrazole rings is 1. The van der Waals surface area contributed by atoms with E-state index in [0.717, 1.165) is 36.9 Å². The Morgan fingerprint density at radius 3 is 2.41 bits per heavy atom. The molecular weight excluding hydrogens is 428 g/mol. The minimum atomic E-state index is -3.60. The maximum absolute atomic E-state index is 13.2. The number of carbonyl (C=O) groups is 1. The Balaban J connectivity index is 1.45. The number of anilines is 1. The maximum atomic E-state index is 13.2. The highest BCUT2D eigenvalue weighted by molar-refractivity contribution is 7.89. The fourth-order valence-electron chi connectivity index (χ4n) is 3.81. The van der Waals surface area contributed by atoms with Gasteiger partial charge in [0.05, 0.1) is 17.0 Å². The van der Waals surface area contributed by atoms with Gasteiger partial charge in [-0.1, -0.05) is 31.0 Å². The summed E-state index contributed by atoms with van der Waals surface area (Å²) in [6, 6.07) is 12.4. The van der Waals surface area contributed by atoms with Crippen LogP contribution in [0, 0.1) is 6.92 Å². The number of hydrogen-bond acceptors (Lipinski definition) is 6. The van der Waals surface area contributed by atoms with Crippen molar-refractivity contribution in [3.63, 3.8) is 0 Å². The molecule has 4 rings (SSSR count). The molecule has 1 aliphatic heterocycles. The molecule has 32 heavy (non-hydrogen) atoms. The Morgan fingerprint density at radius 1 is 1.03 bits per heavy atom. The van der Waals surface area contributed by atoms with Crippen molar-refractivity contribution in [3.05, 3.63) is 59.9 Å². The summed E-state index contributed by atoms with van der Waals surface area (Å²) in [4.78, 5) is 12.8. The lowest BCUT2D eigenvalue weighted by Gasteiger charge is -2.21. The summed E-state index contributed by atoms with van der Waals surface area (Å²) in [5.74, 6) is -0.220. The molecule has 10 heteroatoms. The maximum Gasteiger partial charge on any atom is 0.243 e. The Kier molecular flexibility index (Phi) is 6.61. The van der Waals surface area contributed by atoms with Gasteiger partial charge in [-0.15, -0.1) is 5.10 Å². The van der Waals surface area contributed by atoms with Gasteiger partial charge in [0.25, 0.3) is 0 Å². The van der Waals surface area contributed by atoms with Crippen LogP contribution in [0.25, 0.3) is 5.69 Å². The van der Waals surface area contributed by atoms with Gasteiger partial charge in [0.1, 0.15) is 6.33 Å². The summed E-state index contributed by atoms with van der Waals surface area (Å²) < 4.78 is 29.5. The molecule has 0 radical (unpaired) electrons. The minimum Gasteiger partial charge on any atom is -0.326 e. The highest BCUT2D eigenvalue weighted by Crippen LogP contribution is 2.26. The molecule has 2 heterocycles. The second kappa shape index (κ2) is 9.58. The van der Waals surface area contributed by atoms with E-state index < -0.39 is 10.0 Å². The third-order valence-electron chi connectivity index (χ3n) is 5.57. The third-order valence-corrected chi connectivity index (χ3v) is 7.61. The van der Waals surface area contributed by atoms with Crippen molar-refractivity contribution in [3.8, 4) is 5.69 Å². The van der Waals surface area contributed by atoms with Crippen molar-refractivity contribution >= 4 is 21.6 Å². The molecule has 1 aliphatic rings. The Labute approximate surface area is 187 Å². The molecule has 0 saturated carbocycles. The SMILES string of the molecule is Cc1ccc(NC(=O)Cc2ccc(-n3cnnn3)cc2)cc1S(=O)(=O)N1CCCCCC1. The molecule has 1 N–H and O–H groups in total. The Morgan fingerprint density at radius 2 is 1.75 bits per heavy atom. The van der Waals surface area contributed by atoms with E-state index in [9.17, 15) is 13.2 Å². The first-order chi connectivity index (χ1) is 15.4. The van der Waals surface area contributed by atoms with Gasteiger partial charge in [0, 0.05) is 18.8 Å². The standard InChI is InChI=1S/C22H26N6O3S/c1-17-6-9-19(15-21(17)32(30,31)27-12-4-2-3-5-13-27)24-22(29)14-18-7-10-20(11-8-18)28-16-23-25-26-28/h6-11,15-16H,2-5,12-14H2,1H3,(H,24,29). The number of amides is 1. The van der Waals surface area contributed by atoms with Crippen LogP contribution in [0.4, 0.5) is 5.69 Å². The molecule has 1 saturated heterocycles. The first kappa shape index (κ1) is 22.1. The van der Waals surface area contributed by atoms with Crippen LogP contribution in [0.5, 0.6) is 0 Å². The number of nitrogens with zero attached hydrogens (tertiary/aromatic N) is 5. The molecule has 168 valence electrons. The Bertz CT molecular complexity index is 1170. The van der Waals surface area contributed by atoms with E-state index in [1.807, 2.05) is 24.3 Å². The minimum absolute atomic E-state index is 0.165. The van der Waals surface area contributed by atoms with Crippen LogP contribution < -0.4 is 5.32 Å². The number of aryl methyl sites for hydroxylation is 1. The van der Waals surface area contributed by atoms with Crippen LogP contribution in [0.3, 0.4) is 0 Å². The molecule has 3 aromatic rings. The van der Waals surface area contributed by atoms with Gasteiger partial charge in [0.2, 0.25) is 15.9 Å². The van der Waals surface area contributed by atoms with E-state index in [-0.39, 0.29) is 17.2 Å². The van der Waals surface area contributed by atoms with Gasteiger partial charge >= 0.3 is 0 Å². The van der Waals surface area contributed by atoms with E-state index in [1.165, 1.54) is 11.0 Å². The van der Waals surface area contributed by atoms with Crippen LogP contribution in [0.1, 0.15) is 36.8 Å². The second-order valence-electron chi connectivity index (χ2n) is 7.94. The lowest BCUT2D eigenvalue weighted by molar-refractivity contribution is -0.115. The van der Waals surface area contributed by atoms with Gasteiger partial charge < -0.3 is 5.32 Å². The number of hydrogen-bond donors (Lipinski definition) is 1. The Hall–Kier alpha value is -3.11. The van der Waals surface area contributed by atoms with Crippen molar-refractivity contribution in [2.75, 3.05) is 18.4 Å². The highest BCUT2D eigenvalue weighted by atomic mass is 32.2. The largest absolute Gasteiger partial charge is 0.326 e. The van der Waals surface area contributed by atoms with Gasteiger partial charge in [-0.25, -0.2) is 13.1 Å². The van der Waals surface area contributed by atoms with Crippen LogP contribution in [-0.2, 0) is 21.2 Å². The molecular formula is C22H26N6O3S. The summed E-state index contributed by atoms with van der Waals surface area (Å²) in [6.45, 7) is 2.86. The highest BCUT2D eigenvalue weighted by Gasteiger charge is 2.27. The molecule has 0 bridgehead atoms. The quantitative estimate of drug-likeness (QED) is 0.613. The van der Waals surface area contributed by atoms with Gasteiger partial charge in [-0.3, -0.25) is 4.79 Å². The molecule has 0 unspecified atom stereocenters. The average molecular weight is 455 g/mol. The van der Waals surface area contributed by atoms with E-state index in [4.69, 9.17) is 0 Å². The molecule has 9 nitrogen and oxygen atoms in total. The third kappa shape index (κ3) is 5.03. The number of sulfonamides is 1. The first-order valence-electron chi connectivity index (χ1n) is 10.7. The smallest absolute Gasteiger partial charge is 0.243 e. The van der Waals surface area contributed by atoms with Crippen LogP contribution in [-0.4, -0.2) is 51.9 Å². The molecule has 1 aromatic heterocycles. The van der Waals surface area contributed by atoms with Crippen molar-refractivity contribution in [1.82, 2.24) is 24.5 Å². The molecule has 1 amide bonds. The normalized spacial score (nSPS) is 15.3. The lowest BCUT2D eigenvalue weighted by atomic mass is 10.1. The predicted molar refractivity (Wildman–Crippen MR) is 120 cm³/mol. The monoisotopic (exact) mass is 454 g/mol. The van der Waals surface area contributed by atoms with Crippen LogP contribution >= 0.6 is 0 Å². The summed E-state index contributed by atoms with van der Waals surface area (Å²) in [5.41, 5.74) is 2.76. The van der Waals surface area contributed by atoms with Crippen molar-refractivity contribution in [2.45, 2.75) is 43.9 Å². The zero-order valence-electron chi connectivity index (χ0n) is 17.9. The number of aromatic nitrogens is 4. The zero-order chi connectivity index (χ0) is 22.6. The van der Waals surface area contributed by atoms with E-state index in [1.54, 1.807) is 29.4 Å².